The number of rotatable bonds is 4. The average molecular weight is 297 g/mol. The van der Waals surface area contributed by atoms with Gasteiger partial charge in [0.1, 0.15) is 11.9 Å². The first-order chi connectivity index (χ1) is 9.43. The van der Waals surface area contributed by atoms with Crippen molar-refractivity contribution in [1.29, 1.82) is 0 Å². The first kappa shape index (κ1) is 15.2. The van der Waals surface area contributed by atoms with Crippen molar-refractivity contribution in [3.8, 4) is 5.75 Å². The van der Waals surface area contributed by atoms with E-state index in [0.29, 0.717) is 11.7 Å². The van der Waals surface area contributed by atoms with E-state index in [-0.39, 0.29) is 16.7 Å². The zero-order valence-electron chi connectivity index (χ0n) is 12.1. The minimum Gasteiger partial charge on any atom is -0.488 e. The van der Waals surface area contributed by atoms with Crippen LogP contribution in [0.5, 0.6) is 5.75 Å². The highest BCUT2D eigenvalue weighted by Crippen LogP contribution is 2.34. The minimum absolute atomic E-state index is 0.144. The van der Waals surface area contributed by atoms with E-state index in [9.17, 15) is 8.42 Å². The number of sulfone groups is 1. The first-order valence-corrected chi connectivity index (χ1v) is 9.07. The fraction of sp³-hybridized carbons (Fsp3) is 0.600. The summed E-state index contributed by atoms with van der Waals surface area (Å²) < 4.78 is 29.4. The zero-order valence-corrected chi connectivity index (χ0v) is 12.9. The van der Waals surface area contributed by atoms with Crippen LogP contribution in [-0.2, 0) is 9.84 Å². The Kier molecular flexibility index (Phi) is 4.58. The van der Waals surface area contributed by atoms with Gasteiger partial charge in [-0.15, -0.1) is 0 Å². The van der Waals surface area contributed by atoms with Crippen molar-refractivity contribution in [1.82, 2.24) is 0 Å². The van der Waals surface area contributed by atoms with Crippen LogP contribution < -0.4 is 10.5 Å². The number of benzene rings is 1. The van der Waals surface area contributed by atoms with Crippen LogP contribution in [-0.4, -0.2) is 20.8 Å². The van der Waals surface area contributed by atoms with Gasteiger partial charge in [0.15, 0.2) is 9.84 Å². The number of hydrogen-bond donors (Lipinski definition) is 1. The maximum absolute atomic E-state index is 11.7. The summed E-state index contributed by atoms with van der Waals surface area (Å²) in [6.07, 6.45) is 6.98. The predicted molar refractivity (Wildman–Crippen MR) is 80.6 cm³/mol. The molecule has 0 saturated heterocycles. The summed E-state index contributed by atoms with van der Waals surface area (Å²) in [4.78, 5) is 0.152. The number of para-hydroxylation sites is 1. The zero-order chi connectivity index (χ0) is 14.8. The topological polar surface area (TPSA) is 69.4 Å². The first-order valence-electron chi connectivity index (χ1n) is 7.18. The standard InChI is InChI=1S/C15H23NO3S/c1-3-11-7-4-5-8-12(11)19-13-9-6-10-14(15(13)16)20(2,17)18/h6,9-12H,3-5,7-8,16H2,1-2H3. The SMILES string of the molecule is CCC1CCCCC1Oc1cccc(S(C)(=O)=O)c1N. The lowest BCUT2D eigenvalue weighted by Crippen LogP contribution is -2.30. The molecule has 0 aromatic heterocycles. The van der Waals surface area contributed by atoms with Gasteiger partial charge in [-0.3, -0.25) is 0 Å². The molecule has 1 aliphatic rings. The van der Waals surface area contributed by atoms with Crippen molar-refractivity contribution in [2.45, 2.75) is 50.0 Å². The maximum Gasteiger partial charge on any atom is 0.177 e. The highest BCUT2D eigenvalue weighted by Gasteiger charge is 2.26. The second-order valence-electron chi connectivity index (χ2n) is 5.55. The number of nitrogens with two attached hydrogens (primary N) is 1. The van der Waals surface area contributed by atoms with Crippen LogP contribution in [0.1, 0.15) is 39.0 Å². The van der Waals surface area contributed by atoms with E-state index >= 15 is 0 Å². The fourth-order valence-corrected chi connectivity index (χ4v) is 3.73. The molecule has 2 atom stereocenters. The Morgan fingerprint density at radius 2 is 2.00 bits per heavy atom. The molecule has 2 rings (SSSR count). The maximum atomic E-state index is 11.7. The molecule has 0 spiro atoms. The Hall–Kier alpha value is -1.23. The molecule has 1 saturated carbocycles. The van der Waals surface area contributed by atoms with Gasteiger partial charge < -0.3 is 10.5 Å². The van der Waals surface area contributed by atoms with Crippen LogP contribution in [0.4, 0.5) is 5.69 Å². The van der Waals surface area contributed by atoms with E-state index < -0.39 is 9.84 Å². The molecule has 1 aliphatic carbocycles. The lowest BCUT2D eigenvalue weighted by atomic mass is 9.85. The summed E-state index contributed by atoms with van der Waals surface area (Å²) in [7, 11) is -3.32. The number of nitrogen functional groups attached to an aromatic ring is 1. The summed E-state index contributed by atoms with van der Waals surface area (Å²) in [6, 6.07) is 4.97. The summed E-state index contributed by atoms with van der Waals surface area (Å²) >= 11 is 0. The third-order valence-corrected chi connectivity index (χ3v) is 5.22. The normalized spacial score (nSPS) is 23.5. The fourth-order valence-electron chi connectivity index (χ4n) is 2.91. The molecular weight excluding hydrogens is 274 g/mol. The summed E-state index contributed by atoms with van der Waals surface area (Å²) in [5, 5.41) is 0. The average Bonchev–Trinajstić information content (AvgIpc) is 2.40. The molecule has 1 aromatic rings. The smallest absolute Gasteiger partial charge is 0.177 e. The highest BCUT2D eigenvalue weighted by molar-refractivity contribution is 7.90. The Morgan fingerprint density at radius 3 is 2.65 bits per heavy atom. The van der Waals surface area contributed by atoms with Crippen LogP contribution in [0.25, 0.3) is 0 Å². The van der Waals surface area contributed by atoms with Gasteiger partial charge in [0.05, 0.1) is 10.6 Å². The van der Waals surface area contributed by atoms with E-state index in [1.54, 1.807) is 12.1 Å². The third-order valence-electron chi connectivity index (χ3n) is 4.07. The molecule has 0 bridgehead atoms. The van der Waals surface area contributed by atoms with Gasteiger partial charge in [-0.25, -0.2) is 8.42 Å². The Bertz CT molecular complexity index is 568. The van der Waals surface area contributed by atoms with Gasteiger partial charge >= 0.3 is 0 Å². The third kappa shape index (κ3) is 3.26. The molecule has 0 amide bonds. The van der Waals surface area contributed by atoms with Gasteiger partial charge in [0.25, 0.3) is 0 Å². The van der Waals surface area contributed by atoms with Crippen molar-refractivity contribution in [2.24, 2.45) is 5.92 Å². The Balaban J connectivity index is 2.25. The molecule has 2 unspecified atom stereocenters. The van der Waals surface area contributed by atoms with E-state index in [1.165, 1.54) is 18.9 Å². The molecule has 20 heavy (non-hydrogen) atoms. The second-order valence-corrected chi connectivity index (χ2v) is 7.53. The van der Waals surface area contributed by atoms with Crippen LogP contribution >= 0.6 is 0 Å². The molecular formula is C15H23NO3S. The molecule has 0 aliphatic heterocycles. The number of anilines is 1. The second kappa shape index (κ2) is 6.04. The van der Waals surface area contributed by atoms with Gasteiger partial charge in [0.2, 0.25) is 0 Å². The number of ether oxygens (including phenoxy) is 1. The summed E-state index contributed by atoms with van der Waals surface area (Å²) in [5.74, 6) is 1.03. The monoisotopic (exact) mass is 297 g/mol. The minimum atomic E-state index is -3.32. The van der Waals surface area contributed by atoms with Gasteiger partial charge in [-0.2, -0.15) is 0 Å². The molecule has 1 aromatic carbocycles. The van der Waals surface area contributed by atoms with E-state index in [2.05, 4.69) is 6.92 Å². The molecule has 4 nitrogen and oxygen atoms in total. The Labute approximate surface area is 121 Å². The lowest BCUT2D eigenvalue weighted by molar-refractivity contribution is 0.0909. The van der Waals surface area contributed by atoms with Gasteiger partial charge in [0, 0.05) is 6.26 Å². The van der Waals surface area contributed by atoms with Crippen molar-refractivity contribution < 1.29 is 13.2 Å². The molecule has 0 radical (unpaired) electrons. The van der Waals surface area contributed by atoms with Gasteiger partial charge in [-0.1, -0.05) is 19.4 Å². The van der Waals surface area contributed by atoms with E-state index in [1.807, 2.05) is 0 Å². The van der Waals surface area contributed by atoms with Crippen molar-refractivity contribution in [2.75, 3.05) is 12.0 Å². The van der Waals surface area contributed by atoms with Gasteiger partial charge in [-0.05, 0) is 43.7 Å². The molecule has 112 valence electrons. The van der Waals surface area contributed by atoms with E-state index in [0.717, 1.165) is 25.5 Å². The quantitative estimate of drug-likeness (QED) is 0.867. The Morgan fingerprint density at radius 1 is 1.30 bits per heavy atom. The van der Waals surface area contributed by atoms with Crippen molar-refractivity contribution in [3.63, 3.8) is 0 Å². The predicted octanol–water partition coefficient (Wildman–Crippen LogP) is 3.02. The van der Waals surface area contributed by atoms with E-state index in [4.69, 9.17) is 10.5 Å². The van der Waals surface area contributed by atoms with Crippen molar-refractivity contribution >= 4 is 15.5 Å². The molecule has 2 N–H and O–H groups in total. The van der Waals surface area contributed by atoms with Crippen LogP contribution in [0.3, 0.4) is 0 Å². The van der Waals surface area contributed by atoms with Crippen molar-refractivity contribution in [3.05, 3.63) is 18.2 Å². The molecule has 1 fully saturated rings. The summed E-state index contributed by atoms with van der Waals surface area (Å²) in [5.41, 5.74) is 6.20. The summed E-state index contributed by atoms with van der Waals surface area (Å²) in [6.45, 7) is 2.17. The number of hydrogen-bond acceptors (Lipinski definition) is 4. The van der Waals surface area contributed by atoms with Crippen LogP contribution in [0.2, 0.25) is 0 Å². The molecule has 5 heteroatoms. The highest BCUT2D eigenvalue weighted by atomic mass is 32.2. The molecule has 0 heterocycles. The largest absolute Gasteiger partial charge is 0.488 e. The van der Waals surface area contributed by atoms with Crippen LogP contribution in [0.15, 0.2) is 23.1 Å². The lowest BCUT2D eigenvalue weighted by Gasteiger charge is -2.31. The van der Waals surface area contributed by atoms with Crippen LogP contribution in [0, 0.1) is 5.92 Å².